The van der Waals surface area contributed by atoms with E-state index in [0.717, 1.165) is 22.4 Å². The van der Waals surface area contributed by atoms with Crippen LogP contribution in [0.25, 0.3) is 0 Å². The molecule has 0 aromatic heterocycles. The second-order valence-electron chi connectivity index (χ2n) is 5.78. The summed E-state index contributed by atoms with van der Waals surface area (Å²) in [6.07, 6.45) is 1.73. The molecule has 27 heavy (non-hydrogen) atoms. The maximum absolute atomic E-state index is 6.13. The summed E-state index contributed by atoms with van der Waals surface area (Å²) >= 11 is 18.2. The highest BCUT2D eigenvalue weighted by atomic mass is 35.5. The summed E-state index contributed by atoms with van der Waals surface area (Å²) in [5.41, 5.74) is 5.75. The smallest absolute Gasteiger partial charge is 0.119 e. The lowest BCUT2D eigenvalue weighted by atomic mass is 10.2. The Morgan fingerprint density at radius 3 is 2.30 bits per heavy atom. The molecule has 0 fully saturated rings. The fourth-order valence-corrected chi connectivity index (χ4v) is 3.13. The summed E-state index contributed by atoms with van der Waals surface area (Å²) in [7, 11) is 0. The third-order valence-electron chi connectivity index (χ3n) is 3.80. The molecule has 0 unspecified atom stereocenters. The molecule has 0 radical (unpaired) electrons. The minimum atomic E-state index is 0.454. The van der Waals surface area contributed by atoms with Gasteiger partial charge in [0.25, 0.3) is 0 Å². The average Bonchev–Trinajstić information content (AvgIpc) is 2.66. The lowest BCUT2D eigenvalue weighted by Gasteiger charge is -2.07. The monoisotopic (exact) mass is 418 g/mol. The van der Waals surface area contributed by atoms with Crippen molar-refractivity contribution in [3.63, 3.8) is 0 Å². The van der Waals surface area contributed by atoms with Gasteiger partial charge in [-0.25, -0.2) is 0 Å². The van der Waals surface area contributed by atoms with Gasteiger partial charge in [0.2, 0.25) is 0 Å². The molecule has 0 aliphatic carbocycles. The summed E-state index contributed by atoms with van der Waals surface area (Å²) in [4.78, 5) is 0. The van der Waals surface area contributed by atoms with Crippen molar-refractivity contribution in [1.82, 2.24) is 5.43 Å². The highest BCUT2D eigenvalue weighted by Gasteiger charge is 2.03. The molecule has 0 amide bonds. The number of rotatable bonds is 7. The Morgan fingerprint density at radius 2 is 1.59 bits per heavy atom. The minimum absolute atomic E-state index is 0.454. The van der Waals surface area contributed by atoms with E-state index in [1.54, 1.807) is 18.3 Å². The van der Waals surface area contributed by atoms with Crippen LogP contribution in [0.2, 0.25) is 15.1 Å². The van der Waals surface area contributed by atoms with Gasteiger partial charge in [-0.1, -0.05) is 53.0 Å². The van der Waals surface area contributed by atoms with E-state index in [1.165, 1.54) is 0 Å². The van der Waals surface area contributed by atoms with E-state index in [-0.39, 0.29) is 0 Å². The van der Waals surface area contributed by atoms with Gasteiger partial charge in [0.05, 0.1) is 12.8 Å². The van der Waals surface area contributed by atoms with E-state index in [4.69, 9.17) is 39.5 Å². The molecule has 0 saturated heterocycles. The molecule has 6 heteroatoms. The predicted molar refractivity (Wildman–Crippen MR) is 113 cm³/mol. The molecule has 0 spiro atoms. The molecular weight excluding hydrogens is 403 g/mol. The van der Waals surface area contributed by atoms with E-state index in [0.29, 0.717) is 28.2 Å². The first-order chi connectivity index (χ1) is 13.1. The molecule has 0 atom stereocenters. The fraction of sp³-hybridized carbons (Fsp3) is 0.0952. The second kappa shape index (κ2) is 9.65. The van der Waals surface area contributed by atoms with E-state index in [1.807, 2.05) is 54.6 Å². The molecule has 3 rings (SSSR count). The number of ether oxygens (including phenoxy) is 1. The molecule has 0 saturated carbocycles. The van der Waals surface area contributed by atoms with E-state index in [9.17, 15) is 0 Å². The van der Waals surface area contributed by atoms with Crippen LogP contribution >= 0.6 is 34.8 Å². The van der Waals surface area contributed by atoms with Gasteiger partial charge in [0, 0.05) is 20.6 Å². The van der Waals surface area contributed by atoms with Crippen LogP contribution < -0.4 is 10.2 Å². The molecule has 0 heterocycles. The van der Waals surface area contributed by atoms with Gasteiger partial charge < -0.3 is 10.2 Å². The van der Waals surface area contributed by atoms with E-state index < -0.39 is 0 Å². The Bertz CT molecular complexity index is 907. The Labute approximate surface area is 173 Å². The number of hydrazone groups is 1. The number of nitrogens with one attached hydrogen (secondary N) is 1. The zero-order chi connectivity index (χ0) is 19.1. The molecular formula is C21H17Cl3N2O. The Kier molecular flexibility index (Phi) is 6.99. The fourth-order valence-electron chi connectivity index (χ4n) is 2.39. The van der Waals surface area contributed by atoms with Crippen molar-refractivity contribution in [3.05, 3.63) is 98.5 Å². The van der Waals surface area contributed by atoms with Crippen LogP contribution in [0.3, 0.4) is 0 Å². The summed E-state index contributed by atoms with van der Waals surface area (Å²) in [6.45, 7) is 0.921. The van der Waals surface area contributed by atoms with Crippen LogP contribution in [0.4, 0.5) is 0 Å². The van der Waals surface area contributed by atoms with Crippen LogP contribution in [0, 0.1) is 0 Å². The Balaban J connectivity index is 1.50. The zero-order valence-corrected chi connectivity index (χ0v) is 16.6. The molecule has 1 N–H and O–H groups in total. The van der Waals surface area contributed by atoms with Crippen molar-refractivity contribution >= 4 is 41.0 Å². The van der Waals surface area contributed by atoms with E-state index in [2.05, 4.69) is 10.5 Å². The summed E-state index contributed by atoms with van der Waals surface area (Å²) in [6, 6.07) is 20.7. The standard InChI is InChI=1S/C21H17Cl3N2O/c22-17-4-1-3-16(11-17)14-27-18-9-7-15(8-10-18)12-25-26-13-19-20(23)5-2-6-21(19)24/h1-12,26H,13-14H2/b25-12+. The number of hydrogen-bond donors (Lipinski definition) is 1. The van der Waals surface area contributed by atoms with Gasteiger partial charge in [0.1, 0.15) is 12.4 Å². The third kappa shape index (κ3) is 5.90. The minimum Gasteiger partial charge on any atom is -0.489 e. The van der Waals surface area contributed by atoms with Gasteiger partial charge in [-0.3, -0.25) is 0 Å². The zero-order valence-electron chi connectivity index (χ0n) is 14.3. The SMILES string of the molecule is Clc1cccc(COc2ccc(/C=N/NCc3c(Cl)cccc3Cl)cc2)c1. The lowest BCUT2D eigenvalue weighted by Crippen LogP contribution is -2.06. The first-order valence-electron chi connectivity index (χ1n) is 8.28. The first-order valence-corrected chi connectivity index (χ1v) is 9.41. The van der Waals surface area contributed by atoms with Crippen LogP contribution in [-0.4, -0.2) is 6.21 Å². The van der Waals surface area contributed by atoms with E-state index >= 15 is 0 Å². The number of halogens is 3. The highest BCUT2D eigenvalue weighted by Crippen LogP contribution is 2.23. The normalized spacial score (nSPS) is 10.9. The molecule has 0 aliphatic heterocycles. The van der Waals surface area contributed by atoms with Crippen LogP contribution in [0.15, 0.2) is 71.8 Å². The molecule has 0 bridgehead atoms. The number of hydrogen-bond acceptors (Lipinski definition) is 3. The second-order valence-corrected chi connectivity index (χ2v) is 7.03. The van der Waals surface area contributed by atoms with Gasteiger partial charge >= 0.3 is 0 Å². The van der Waals surface area contributed by atoms with Crippen LogP contribution in [-0.2, 0) is 13.2 Å². The van der Waals surface area contributed by atoms with Crippen molar-refractivity contribution in [3.8, 4) is 5.75 Å². The largest absolute Gasteiger partial charge is 0.489 e. The van der Waals surface area contributed by atoms with Gasteiger partial charge in [-0.2, -0.15) is 5.10 Å². The lowest BCUT2D eigenvalue weighted by molar-refractivity contribution is 0.306. The Morgan fingerprint density at radius 1 is 0.889 bits per heavy atom. The van der Waals surface area contributed by atoms with Crippen molar-refractivity contribution in [2.75, 3.05) is 0 Å². The van der Waals surface area contributed by atoms with Crippen LogP contribution in [0.5, 0.6) is 5.75 Å². The van der Waals surface area contributed by atoms with Crippen molar-refractivity contribution < 1.29 is 4.74 Å². The summed E-state index contributed by atoms with van der Waals surface area (Å²) in [5.74, 6) is 0.780. The maximum Gasteiger partial charge on any atom is 0.119 e. The molecule has 138 valence electrons. The van der Waals surface area contributed by atoms with Crippen LogP contribution in [0.1, 0.15) is 16.7 Å². The predicted octanol–water partition coefficient (Wildman–Crippen LogP) is 6.35. The number of benzene rings is 3. The maximum atomic E-state index is 6.13. The molecule has 3 nitrogen and oxygen atoms in total. The summed E-state index contributed by atoms with van der Waals surface area (Å²) in [5, 5.41) is 6.14. The van der Waals surface area contributed by atoms with Gasteiger partial charge in [-0.05, 0) is 59.7 Å². The van der Waals surface area contributed by atoms with Crippen molar-refractivity contribution in [1.29, 1.82) is 0 Å². The average molecular weight is 420 g/mol. The van der Waals surface area contributed by atoms with Crippen molar-refractivity contribution in [2.24, 2.45) is 5.10 Å². The molecule has 3 aromatic carbocycles. The highest BCUT2D eigenvalue weighted by molar-refractivity contribution is 6.36. The Hall–Kier alpha value is -2.20. The first kappa shape index (κ1) is 19.6. The quantitative estimate of drug-likeness (QED) is 0.357. The van der Waals surface area contributed by atoms with Gasteiger partial charge in [0.15, 0.2) is 0 Å². The van der Waals surface area contributed by atoms with Gasteiger partial charge in [-0.15, -0.1) is 0 Å². The topological polar surface area (TPSA) is 33.6 Å². The molecule has 3 aromatic rings. The number of nitrogens with zero attached hydrogens (tertiary/aromatic N) is 1. The third-order valence-corrected chi connectivity index (χ3v) is 4.74. The summed E-state index contributed by atoms with van der Waals surface area (Å²) < 4.78 is 5.76. The van der Waals surface area contributed by atoms with Crippen molar-refractivity contribution in [2.45, 2.75) is 13.2 Å². The molecule has 0 aliphatic rings.